The molecule has 0 aliphatic rings. The van der Waals surface area contributed by atoms with Crippen LogP contribution in [0.25, 0.3) is 0 Å². The quantitative estimate of drug-likeness (QED) is 0.737. The smallest absolute Gasteiger partial charge is 0.329 e. The van der Waals surface area contributed by atoms with Crippen LogP contribution in [0.1, 0.15) is 34.6 Å². The molecule has 5 nitrogen and oxygen atoms in total. The lowest BCUT2D eigenvalue weighted by atomic mass is 10.0. The van der Waals surface area contributed by atoms with Gasteiger partial charge in [0.05, 0.1) is 0 Å². The Bertz CT molecular complexity index is 268. The Morgan fingerprint density at radius 2 is 1.76 bits per heavy atom. The maximum atomic E-state index is 11.9. The van der Waals surface area contributed by atoms with Gasteiger partial charge in [-0.2, -0.15) is 0 Å². The number of amides is 1. The maximum Gasteiger partial charge on any atom is 0.329 e. The average Bonchev–Trinajstić information content (AvgIpc) is 2.11. The molecule has 5 heteroatoms. The van der Waals surface area contributed by atoms with Crippen LogP contribution >= 0.6 is 0 Å². The topological polar surface area (TPSA) is 64.6 Å². The van der Waals surface area contributed by atoms with Gasteiger partial charge in [0.25, 0.3) is 0 Å². The van der Waals surface area contributed by atoms with E-state index in [1.807, 2.05) is 13.8 Å². The van der Waals surface area contributed by atoms with Crippen molar-refractivity contribution >= 4 is 11.9 Å². The molecule has 0 aromatic heterocycles. The minimum absolute atomic E-state index is 0.0364. The summed E-state index contributed by atoms with van der Waals surface area (Å²) < 4.78 is 9.95. The Morgan fingerprint density at radius 3 is 2.12 bits per heavy atom. The lowest BCUT2D eigenvalue weighted by molar-refractivity contribution is -0.160. The number of carbonyl (C=O) groups is 2. The van der Waals surface area contributed by atoms with Gasteiger partial charge in [-0.25, -0.2) is 4.79 Å². The average molecular weight is 245 g/mol. The summed E-state index contributed by atoms with van der Waals surface area (Å²) in [6.07, 6.45) is 0. The molecule has 0 aliphatic carbocycles. The summed E-state index contributed by atoms with van der Waals surface area (Å²) in [6.45, 7) is 9.01. The zero-order valence-electron chi connectivity index (χ0n) is 11.5. The van der Waals surface area contributed by atoms with Gasteiger partial charge in [-0.15, -0.1) is 0 Å². The summed E-state index contributed by atoms with van der Waals surface area (Å²) in [7, 11) is 1.43. The highest BCUT2D eigenvalue weighted by molar-refractivity contribution is 5.85. The number of esters is 1. The van der Waals surface area contributed by atoms with E-state index in [9.17, 15) is 9.59 Å². The number of carbonyl (C=O) groups excluding carboxylic acids is 2. The van der Waals surface area contributed by atoms with Crippen molar-refractivity contribution in [2.24, 2.45) is 5.92 Å². The third kappa shape index (κ3) is 6.94. The molecule has 0 bridgehead atoms. The standard InChI is InChI=1S/C12H23NO4/c1-8(2)10(13-9(14)7-16-6)11(15)17-12(3,4)5/h8,10H,7H2,1-6H3,(H,13,14)/t10-/m0/s1. The first kappa shape index (κ1) is 15.9. The molecule has 0 fully saturated rings. The first-order valence-corrected chi connectivity index (χ1v) is 5.68. The molecule has 0 saturated heterocycles. The molecule has 1 amide bonds. The van der Waals surface area contributed by atoms with Crippen molar-refractivity contribution < 1.29 is 19.1 Å². The van der Waals surface area contributed by atoms with E-state index in [0.717, 1.165) is 0 Å². The second-order valence-electron chi connectivity index (χ2n) is 5.26. The summed E-state index contributed by atoms with van der Waals surface area (Å²) >= 11 is 0. The molecule has 17 heavy (non-hydrogen) atoms. The Morgan fingerprint density at radius 1 is 1.24 bits per heavy atom. The molecule has 0 radical (unpaired) electrons. The van der Waals surface area contributed by atoms with Crippen LogP contribution in [-0.4, -0.2) is 37.2 Å². The van der Waals surface area contributed by atoms with E-state index in [0.29, 0.717) is 0 Å². The monoisotopic (exact) mass is 245 g/mol. The number of ether oxygens (including phenoxy) is 2. The molecule has 0 aromatic carbocycles. The molecule has 0 heterocycles. The van der Waals surface area contributed by atoms with Crippen molar-refractivity contribution in [3.63, 3.8) is 0 Å². The molecule has 0 spiro atoms. The molecule has 0 saturated carbocycles. The molecule has 0 rings (SSSR count). The highest BCUT2D eigenvalue weighted by Crippen LogP contribution is 2.12. The van der Waals surface area contributed by atoms with Crippen LogP contribution in [0.4, 0.5) is 0 Å². The molecule has 1 atom stereocenters. The Kier molecular flexibility index (Phi) is 6.16. The second-order valence-corrected chi connectivity index (χ2v) is 5.26. The third-order valence-corrected chi connectivity index (χ3v) is 1.92. The molecular formula is C12H23NO4. The van der Waals surface area contributed by atoms with Crippen LogP contribution < -0.4 is 5.32 Å². The van der Waals surface area contributed by atoms with Gasteiger partial charge in [-0.3, -0.25) is 4.79 Å². The van der Waals surface area contributed by atoms with E-state index in [1.165, 1.54) is 7.11 Å². The van der Waals surface area contributed by atoms with E-state index in [2.05, 4.69) is 5.32 Å². The van der Waals surface area contributed by atoms with Crippen molar-refractivity contribution in [1.29, 1.82) is 0 Å². The largest absolute Gasteiger partial charge is 0.458 e. The molecule has 0 aliphatic heterocycles. The summed E-state index contributed by atoms with van der Waals surface area (Å²) in [4.78, 5) is 23.2. The van der Waals surface area contributed by atoms with Crippen LogP contribution in [0.2, 0.25) is 0 Å². The first-order valence-electron chi connectivity index (χ1n) is 5.68. The summed E-state index contributed by atoms with van der Waals surface area (Å²) in [6, 6.07) is -0.642. The van der Waals surface area contributed by atoms with Crippen molar-refractivity contribution in [3.05, 3.63) is 0 Å². The van der Waals surface area contributed by atoms with Crippen molar-refractivity contribution in [2.75, 3.05) is 13.7 Å². The number of hydrogen-bond acceptors (Lipinski definition) is 4. The first-order chi connectivity index (χ1) is 7.67. The van der Waals surface area contributed by atoms with Gasteiger partial charge in [0.2, 0.25) is 5.91 Å². The fourth-order valence-electron chi connectivity index (χ4n) is 1.21. The highest BCUT2D eigenvalue weighted by Gasteiger charge is 2.28. The summed E-state index contributed by atoms with van der Waals surface area (Å²) in [5.41, 5.74) is -0.559. The van der Waals surface area contributed by atoms with E-state index < -0.39 is 17.6 Å². The SMILES string of the molecule is COCC(=O)N[C@H](C(=O)OC(C)(C)C)C(C)C. The lowest BCUT2D eigenvalue weighted by Crippen LogP contribution is -2.48. The van der Waals surface area contributed by atoms with Crippen molar-refractivity contribution in [2.45, 2.75) is 46.3 Å². The van der Waals surface area contributed by atoms with E-state index in [1.54, 1.807) is 20.8 Å². The van der Waals surface area contributed by atoms with E-state index in [4.69, 9.17) is 9.47 Å². The van der Waals surface area contributed by atoms with Crippen LogP contribution in [0.15, 0.2) is 0 Å². The zero-order valence-corrected chi connectivity index (χ0v) is 11.5. The summed E-state index contributed by atoms with van der Waals surface area (Å²) in [5.74, 6) is -0.778. The minimum atomic E-state index is -0.642. The fraction of sp³-hybridized carbons (Fsp3) is 0.833. The van der Waals surface area contributed by atoms with Crippen molar-refractivity contribution in [1.82, 2.24) is 5.32 Å². The van der Waals surface area contributed by atoms with Crippen LogP contribution in [0.5, 0.6) is 0 Å². The predicted octanol–water partition coefficient (Wildman–Crippen LogP) is 1.12. The predicted molar refractivity (Wildman–Crippen MR) is 64.5 cm³/mol. The normalized spacial score (nSPS) is 13.4. The van der Waals surface area contributed by atoms with Crippen molar-refractivity contribution in [3.8, 4) is 0 Å². The van der Waals surface area contributed by atoms with E-state index in [-0.39, 0.29) is 18.4 Å². The van der Waals surface area contributed by atoms with Gasteiger partial charge in [-0.05, 0) is 26.7 Å². The Labute approximate surface area is 103 Å². The van der Waals surface area contributed by atoms with Gasteiger partial charge in [0.1, 0.15) is 18.2 Å². The third-order valence-electron chi connectivity index (χ3n) is 1.92. The van der Waals surface area contributed by atoms with Gasteiger partial charge in [0.15, 0.2) is 0 Å². The minimum Gasteiger partial charge on any atom is -0.458 e. The second kappa shape index (κ2) is 6.59. The molecule has 0 aromatic rings. The van der Waals surface area contributed by atoms with Crippen LogP contribution in [-0.2, 0) is 19.1 Å². The highest BCUT2D eigenvalue weighted by atomic mass is 16.6. The van der Waals surface area contributed by atoms with Gasteiger partial charge >= 0.3 is 5.97 Å². The molecule has 0 unspecified atom stereocenters. The zero-order chi connectivity index (χ0) is 13.6. The van der Waals surface area contributed by atoms with Gasteiger partial charge in [0, 0.05) is 7.11 Å². The maximum absolute atomic E-state index is 11.9. The number of methoxy groups -OCH3 is 1. The molecule has 1 N–H and O–H groups in total. The Balaban J connectivity index is 4.53. The fourth-order valence-corrected chi connectivity index (χ4v) is 1.21. The number of hydrogen-bond donors (Lipinski definition) is 1. The lowest BCUT2D eigenvalue weighted by Gasteiger charge is -2.26. The molecule has 100 valence electrons. The Hall–Kier alpha value is -1.10. The number of rotatable bonds is 5. The van der Waals surface area contributed by atoms with E-state index >= 15 is 0 Å². The number of nitrogens with one attached hydrogen (secondary N) is 1. The van der Waals surface area contributed by atoms with Gasteiger partial charge < -0.3 is 14.8 Å². The van der Waals surface area contributed by atoms with Crippen LogP contribution in [0.3, 0.4) is 0 Å². The summed E-state index contributed by atoms with van der Waals surface area (Å²) in [5, 5.41) is 2.60. The van der Waals surface area contributed by atoms with Crippen LogP contribution in [0, 0.1) is 5.92 Å². The van der Waals surface area contributed by atoms with Gasteiger partial charge in [-0.1, -0.05) is 13.8 Å². The molecular weight excluding hydrogens is 222 g/mol.